The molecule has 0 aromatic heterocycles. The Hall–Kier alpha value is -2.55. The summed E-state index contributed by atoms with van der Waals surface area (Å²) in [7, 11) is -1.20. The summed E-state index contributed by atoms with van der Waals surface area (Å²) in [6, 6.07) is 4.91. The van der Waals surface area contributed by atoms with Crippen molar-refractivity contribution in [3.05, 3.63) is 29.3 Å². The molecule has 0 aliphatic carbocycles. The number of hydrogen-bond acceptors (Lipinski definition) is 8. The van der Waals surface area contributed by atoms with E-state index in [1.165, 1.54) is 13.0 Å². The van der Waals surface area contributed by atoms with Crippen molar-refractivity contribution in [2.45, 2.75) is 52.1 Å². The van der Waals surface area contributed by atoms with Gasteiger partial charge in [-0.25, -0.2) is 9.59 Å². The molecule has 1 heterocycles. The van der Waals surface area contributed by atoms with Crippen LogP contribution in [0.2, 0.25) is 5.82 Å². The number of esters is 1. The van der Waals surface area contributed by atoms with Crippen molar-refractivity contribution >= 4 is 25.0 Å². The van der Waals surface area contributed by atoms with Crippen molar-refractivity contribution in [3.8, 4) is 5.75 Å². The van der Waals surface area contributed by atoms with Crippen LogP contribution in [0, 0.1) is 0 Å². The molecule has 1 aromatic rings. The molecule has 2 rings (SSSR count). The lowest BCUT2D eigenvalue weighted by Crippen LogP contribution is -2.36. The molecule has 0 radical (unpaired) electrons. The Kier molecular flexibility index (Phi) is 7.23. The Labute approximate surface area is 157 Å². The summed E-state index contributed by atoms with van der Waals surface area (Å²) in [5.41, 5.74) is 0.800. The van der Waals surface area contributed by atoms with E-state index in [4.69, 9.17) is 14.1 Å². The molecule has 0 fully saturated rings. The lowest BCUT2D eigenvalue weighted by molar-refractivity contribution is -0.119. The Morgan fingerprint density at radius 1 is 1.30 bits per heavy atom. The van der Waals surface area contributed by atoms with Gasteiger partial charge < -0.3 is 23.9 Å². The van der Waals surface area contributed by atoms with Crippen LogP contribution in [0.4, 0.5) is 4.79 Å². The van der Waals surface area contributed by atoms with E-state index < -0.39 is 25.5 Å². The molecule has 0 saturated heterocycles. The number of Topliss-reactive ketones (excluding diaryl/α,β-unsaturated/α-hetero) is 1. The average Bonchev–Trinajstić information content (AvgIpc) is 2.61. The molecule has 0 amide bonds. The smallest absolute Gasteiger partial charge is 0.526 e. The van der Waals surface area contributed by atoms with Crippen molar-refractivity contribution in [1.82, 2.24) is 0 Å². The van der Waals surface area contributed by atoms with Crippen LogP contribution in [0.25, 0.3) is 0 Å². The Morgan fingerprint density at radius 3 is 2.70 bits per heavy atom. The molecule has 1 aliphatic heterocycles. The standard InChI is InChI=1S/C18H23BO8/c1-4-14(20)10-13-9-12-7-6-8-15(16(12)27-19(13)23)17(21)25-11(3)26-18(22)24-5-2/h6-8,11,13,23H,4-5,9-10H2,1-3H3/t11?,13-/m1/s1. The van der Waals surface area contributed by atoms with E-state index in [9.17, 15) is 19.4 Å². The summed E-state index contributed by atoms with van der Waals surface area (Å²) < 4.78 is 20.0. The summed E-state index contributed by atoms with van der Waals surface area (Å²) in [5.74, 6) is -0.897. The first kappa shape index (κ1) is 20.8. The third kappa shape index (κ3) is 5.46. The lowest BCUT2D eigenvalue weighted by atomic mass is 9.64. The molecule has 146 valence electrons. The van der Waals surface area contributed by atoms with Crippen molar-refractivity contribution in [2.75, 3.05) is 6.61 Å². The molecule has 9 heteroatoms. The molecule has 1 aromatic carbocycles. The number of carbonyl (C=O) groups is 3. The second-order valence-electron chi connectivity index (χ2n) is 6.14. The van der Waals surface area contributed by atoms with E-state index in [0.717, 1.165) is 0 Å². The van der Waals surface area contributed by atoms with Crippen LogP contribution < -0.4 is 4.65 Å². The van der Waals surface area contributed by atoms with Crippen molar-refractivity contribution in [3.63, 3.8) is 0 Å². The van der Waals surface area contributed by atoms with Crippen LogP contribution in [0.5, 0.6) is 5.75 Å². The molecule has 8 nitrogen and oxygen atoms in total. The molecule has 1 aliphatic rings. The number of benzene rings is 1. The highest BCUT2D eigenvalue weighted by atomic mass is 16.8. The van der Waals surface area contributed by atoms with E-state index >= 15 is 0 Å². The summed E-state index contributed by atoms with van der Waals surface area (Å²) in [4.78, 5) is 35.4. The van der Waals surface area contributed by atoms with Crippen LogP contribution in [0.15, 0.2) is 18.2 Å². The number of carbonyl (C=O) groups excluding carboxylic acids is 3. The van der Waals surface area contributed by atoms with Crippen molar-refractivity contribution < 1.29 is 38.3 Å². The second kappa shape index (κ2) is 9.41. The summed E-state index contributed by atoms with van der Waals surface area (Å²) >= 11 is 0. The number of hydrogen-bond donors (Lipinski definition) is 1. The number of rotatable bonds is 7. The van der Waals surface area contributed by atoms with Gasteiger partial charge in [-0.2, -0.15) is 0 Å². The fraction of sp³-hybridized carbons (Fsp3) is 0.500. The van der Waals surface area contributed by atoms with E-state index in [1.54, 1.807) is 26.0 Å². The van der Waals surface area contributed by atoms with Gasteiger partial charge >= 0.3 is 19.2 Å². The molecule has 1 unspecified atom stereocenters. The van der Waals surface area contributed by atoms with Crippen LogP contribution >= 0.6 is 0 Å². The van der Waals surface area contributed by atoms with E-state index in [2.05, 4.69) is 4.74 Å². The minimum absolute atomic E-state index is 0.0339. The summed E-state index contributed by atoms with van der Waals surface area (Å²) in [6.45, 7) is 4.91. The average molecular weight is 378 g/mol. The Morgan fingerprint density at radius 2 is 2.04 bits per heavy atom. The molecular weight excluding hydrogens is 355 g/mol. The van der Waals surface area contributed by atoms with Crippen LogP contribution in [-0.4, -0.2) is 42.9 Å². The van der Waals surface area contributed by atoms with Gasteiger partial charge in [0.1, 0.15) is 17.1 Å². The topological polar surface area (TPSA) is 108 Å². The van der Waals surface area contributed by atoms with Crippen molar-refractivity contribution in [1.29, 1.82) is 0 Å². The van der Waals surface area contributed by atoms with E-state index in [1.807, 2.05) is 0 Å². The molecule has 2 atom stereocenters. The zero-order valence-electron chi connectivity index (χ0n) is 15.6. The largest absolute Gasteiger partial charge is 0.535 e. The normalized spacial score (nSPS) is 16.6. The number of para-hydroxylation sites is 1. The third-order valence-corrected chi connectivity index (χ3v) is 4.12. The predicted octanol–water partition coefficient (Wildman–Crippen LogP) is 2.52. The third-order valence-electron chi connectivity index (χ3n) is 4.12. The number of ketones is 1. The summed E-state index contributed by atoms with van der Waals surface area (Å²) in [6.07, 6.45) is -1.10. The quantitative estimate of drug-likeness (QED) is 0.438. The maximum absolute atomic E-state index is 12.4. The van der Waals surface area contributed by atoms with Gasteiger partial charge in [0.2, 0.25) is 6.29 Å². The first-order chi connectivity index (χ1) is 12.8. The van der Waals surface area contributed by atoms with Gasteiger partial charge in [-0.3, -0.25) is 4.79 Å². The monoisotopic (exact) mass is 378 g/mol. The van der Waals surface area contributed by atoms with Gasteiger partial charge in [-0.15, -0.1) is 0 Å². The van der Waals surface area contributed by atoms with Crippen molar-refractivity contribution in [2.24, 2.45) is 0 Å². The highest BCUT2D eigenvalue weighted by Crippen LogP contribution is 2.36. The predicted molar refractivity (Wildman–Crippen MR) is 95.4 cm³/mol. The zero-order valence-corrected chi connectivity index (χ0v) is 15.6. The second-order valence-corrected chi connectivity index (χ2v) is 6.14. The summed E-state index contributed by atoms with van der Waals surface area (Å²) in [5, 5.41) is 10.2. The van der Waals surface area contributed by atoms with Crippen LogP contribution in [-0.2, 0) is 25.4 Å². The molecule has 0 saturated carbocycles. The minimum atomic E-state index is -1.20. The van der Waals surface area contributed by atoms with Gasteiger partial charge in [0.25, 0.3) is 0 Å². The molecule has 27 heavy (non-hydrogen) atoms. The maximum atomic E-state index is 12.4. The zero-order chi connectivity index (χ0) is 20.0. The van der Waals surface area contributed by atoms with Gasteiger partial charge in [-0.1, -0.05) is 19.1 Å². The number of ether oxygens (including phenoxy) is 3. The van der Waals surface area contributed by atoms with Crippen LogP contribution in [0.3, 0.4) is 0 Å². The molecule has 0 bridgehead atoms. The highest BCUT2D eigenvalue weighted by molar-refractivity contribution is 6.47. The minimum Gasteiger partial charge on any atom is -0.535 e. The first-order valence-corrected chi connectivity index (χ1v) is 8.88. The van der Waals surface area contributed by atoms with Gasteiger partial charge in [-0.05, 0) is 25.0 Å². The Balaban J connectivity index is 2.10. The number of fused-ring (bicyclic) bond motifs is 1. The van der Waals surface area contributed by atoms with Gasteiger partial charge in [0, 0.05) is 25.6 Å². The highest BCUT2D eigenvalue weighted by Gasteiger charge is 2.37. The SMILES string of the molecule is CCOC(=O)OC(C)OC(=O)c1cccc2c1OB(O)[C@@H](CC(=O)CC)C2. The molecular formula is C18H23BO8. The maximum Gasteiger partial charge on any atom is 0.526 e. The van der Waals surface area contributed by atoms with E-state index in [0.29, 0.717) is 18.4 Å². The Bertz CT molecular complexity index is 705. The van der Waals surface area contributed by atoms with Crippen LogP contribution in [0.1, 0.15) is 49.5 Å². The fourth-order valence-electron chi connectivity index (χ4n) is 2.78. The lowest BCUT2D eigenvalue weighted by Gasteiger charge is -2.28. The fourth-order valence-corrected chi connectivity index (χ4v) is 2.78. The van der Waals surface area contributed by atoms with Gasteiger partial charge in [0.05, 0.1) is 6.61 Å². The molecule has 0 spiro atoms. The van der Waals surface area contributed by atoms with E-state index in [-0.39, 0.29) is 35.9 Å². The molecule has 1 N–H and O–H groups in total. The van der Waals surface area contributed by atoms with Gasteiger partial charge in [0.15, 0.2) is 0 Å². The first-order valence-electron chi connectivity index (χ1n) is 8.88.